The van der Waals surface area contributed by atoms with Crippen LogP contribution < -0.4 is 0 Å². The highest BCUT2D eigenvalue weighted by Crippen LogP contribution is 2.26. The van der Waals surface area contributed by atoms with Crippen molar-refractivity contribution < 1.29 is 17.9 Å². The lowest BCUT2D eigenvalue weighted by molar-refractivity contribution is -0.145. The summed E-state index contributed by atoms with van der Waals surface area (Å²) in [6, 6.07) is 0. The topological polar surface area (TPSA) is 66.9 Å². The second-order valence-corrected chi connectivity index (χ2v) is 6.36. The predicted molar refractivity (Wildman–Crippen MR) is 58.8 cm³/mol. The Morgan fingerprint density at radius 1 is 1.38 bits per heavy atom. The molecule has 94 valence electrons. The monoisotopic (exact) mass is 250 g/mol. The van der Waals surface area contributed by atoms with Gasteiger partial charge in [0.2, 0.25) is 0 Å². The van der Waals surface area contributed by atoms with E-state index < -0.39 is 10.2 Å². The minimum absolute atomic E-state index is 0.0119. The minimum atomic E-state index is -3.43. The van der Waals surface area contributed by atoms with Gasteiger partial charge < -0.3 is 4.74 Å². The van der Waals surface area contributed by atoms with Crippen molar-refractivity contribution in [1.29, 1.82) is 0 Å². The molecule has 0 N–H and O–H groups in total. The van der Waals surface area contributed by atoms with Gasteiger partial charge in [0.25, 0.3) is 10.2 Å². The number of carbonyl (C=O) groups excluding carboxylic acids is 1. The molecule has 0 aromatic heterocycles. The maximum absolute atomic E-state index is 11.8. The number of rotatable bonds is 3. The molecule has 16 heavy (non-hydrogen) atoms. The van der Waals surface area contributed by atoms with E-state index in [0.717, 1.165) is 4.31 Å². The van der Waals surface area contributed by atoms with Gasteiger partial charge in [0.05, 0.1) is 13.0 Å². The van der Waals surface area contributed by atoms with Crippen LogP contribution in [0.4, 0.5) is 0 Å². The lowest BCUT2D eigenvalue weighted by Gasteiger charge is -2.20. The van der Waals surface area contributed by atoms with Gasteiger partial charge in [0.15, 0.2) is 0 Å². The van der Waals surface area contributed by atoms with E-state index in [4.69, 9.17) is 0 Å². The van der Waals surface area contributed by atoms with Crippen LogP contribution >= 0.6 is 0 Å². The van der Waals surface area contributed by atoms with Crippen LogP contribution in [0.1, 0.15) is 6.92 Å². The van der Waals surface area contributed by atoms with Gasteiger partial charge in [0, 0.05) is 27.2 Å². The van der Waals surface area contributed by atoms with Crippen LogP contribution in [-0.4, -0.2) is 57.3 Å². The zero-order valence-corrected chi connectivity index (χ0v) is 10.8. The largest absolute Gasteiger partial charge is 0.469 e. The third kappa shape index (κ3) is 2.36. The Hall–Kier alpha value is -0.660. The highest BCUT2D eigenvalue weighted by molar-refractivity contribution is 7.86. The summed E-state index contributed by atoms with van der Waals surface area (Å²) in [4.78, 5) is 11.4. The molecule has 2 unspecified atom stereocenters. The van der Waals surface area contributed by atoms with Gasteiger partial charge in [0.1, 0.15) is 0 Å². The zero-order valence-electron chi connectivity index (χ0n) is 10.0. The summed E-state index contributed by atoms with van der Waals surface area (Å²) < 4.78 is 30.8. The normalized spacial score (nSPS) is 27.3. The fraction of sp³-hybridized carbons (Fsp3) is 0.889. The first kappa shape index (κ1) is 13.4. The molecule has 0 aromatic carbocycles. The maximum Gasteiger partial charge on any atom is 0.310 e. The number of ether oxygens (including phenoxy) is 1. The van der Waals surface area contributed by atoms with Gasteiger partial charge >= 0.3 is 5.97 Å². The van der Waals surface area contributed by atoms with E-state index in [9.17, 15) is 13.2 Å². The highest BCUT2D eigenvalue weighted by atomic mass is 32.2. The third-order valence-electron chi connectivity index (χ3n) is 2.87. The number of carbonyl (C=O) groups is 1. The first-order valence-electron chi connectivity index (χ1n) is 5.06. The van der Waals surface area contributed by atoms with Gasteiger partial charge in [-0.1, -0.05) is 6.92 Å². The number of methoxy groups -OCH3 is 1. The summed E-state index contributed by atoms with van der Waals surface area (Å²) in [6.07, 6.45) is 0. The Labute approximate surface area is 96.3 Å². The van der Waals surface area contributed by atoms with E-state index in [0.29, 0.717) is 6.54 Å². The van der Waals surface area contributed by atoms with Crippen LogP contribution in [0, 0.1) is 11.8 Å². The van der Waals surface area contributed by atoms with Gasteiger partial charge in [-0.3, -0.25) is 4.79 Å². The van der Waals surface area contributed by atoms with Crippen LogP contribution in [-0.2, 0) is 19.7 Å². The van der Waals surface area contributed by atoms with E-state index >= 15 is 0 Å². The van der Waals surface area contributed by atoms with Crippen LogP contribution in [0.5, 0.6) is 0 Å². The molecular formula is C9H18N2O4S. The predicted octanol–water partition coefficient (Wildman–Crippen LogP) is -0.466. The Morgan fingerprint density at radius 3 is 2.38 bits per heavy atom. The molecule has 6 nitrogen and oxygen atoms in total. The average Bonchev–Trinajstić information content (AvgIpc) is 2.59. The smallest absolute Gasteiger partial charge is 0.310 e. The van der Waals surface area contributed by atoms with Crippen molar-refractivity contribution in [3.05, 3.63) is 0 Å². The van der Waals surface area contributed by atoms with Crippen LogP contribution in [0.2, 0.25) is 0 Å². The summed E-state index contributed by atoms with van der Waals surface area (Å²) in [5.74, 6) is -0.717. The molecular weight excluding hydrogens is 232 g/mol. The van der Waals surface area contributed by atoms with Crippen molar-refractivity contribution in [1.82, 2.24) is 8.61 Å². The lowest BCUT2D eigenvalue weighted by Crippen LogP contribution is -2.39. The Balaban J connectivity index is 2.82. The molecule has 1 rings (SSSR count). The molecule has 0 amide bonds. The molecule has 0 bridgehead atoms. The molecule has 1 heterocycles. The van der Waals surface area contributed by atoms with Gasteiger partial charge in [-0.15, -0.1) is 0 Å². The van der Waals surface area contributed by atoms with Crippen molar-refractivity contribution >= 4 is 16.2 Å². The zero-order chi connectivity index (χ0) is 12.5. The molecule has 1 aliphatic rings. The molecule has 0 spiro atoms. The SMILES string of the molecule is COC(=O)C1CN(S(=O)(=O)N(C)C)CC1C. The Bertz CT molecular complexity index is 366. The Morgan fingerprint density at radius 2 is 1.94 bits per heavy atom. The molecule has 1 saturated heterocycles. The lowest BCUT2D eigenvalue weighted by atomic mass is 9.99. The quantitative estimate of drug-likeness (QED) is 0.635. The van der Waals surface area contributed by atoms with E-state index in [2.05, 4.69) is 4.74 Å². The van der Waals surface area contributed by atoms with Crippen molar-refractivity contribution in [3.8, 4) is 0 Å². The first-order valence-corrected chi connectivity index (χ1v) is 6.45. The maximum atomic E-state index is 11.8. The van der Waals surface area contributed by atoms with Crippen molar-refractivity contribution in [2.24, 2.45) is 11.8 Å². The molecule has 1 aliphatic heterocycles. The van der Waals surface area contributed by atoms with Crippen LogP contribution in [0.25, 0.3) is 0 Å². The van der Waals surface area contributed by atoms with E-state index in [1.165, 1.54) is 25.5 Å². The minimum Gasteiger partial charge on any atom is -0.469 e. The summed E-state index contributed by atoms with van der Waals surface area (Å²) in [5, 5.41) is 0. The first-order chi connectivity index (χ1) is 7.30. The third-order valence-corrected chi connectivity index (χ3v) is 4.74. The summed E-state index contributed by atoms with van der Waals surface area (Å²) >= 11 is 0. The molecule has 1 fully saturated rings. The van der Waals surface area contributed by atoms with Gasteiger partial charge in [-0.05, 0) is 5.92 Å². The number of esters is 1. The van der Waals surface area contributed by atoms with Crippen molar-refractivity contribution in [2.75, 3.05) is 34.3 Å². The molecule has 7 heteroatoms. The fourth-order valence-electron chi connectivity index (χ4n) is 1.80. The van der Waals surface area contributed by atoms with Crippen molar-refractivity contribution in [2.45, 2.75) is 6.92 Å². The van der Waals surface area contributed by atoms with E-state index in [1.807, 2.05) is 6.92 Å². The standard InChI is InChI=1S/C9H18N2O4S/c1-7-5-11(16(13,14)10(2)3)6-8(7)9(12)15-4/h7-8H,5-6H2,1-4H3. The van der Waals surface area contributed by atoms with E-state index in [-0.39, 0.29) is 24.3 Å². The van der Waals surface area contributed by atoms with Crippen molar-refractivity contribution in [3.63, 3.8) is 0 Å². The number of hydrogen-bond acceptors (Lipinski definition) is 4. The summed E-state index contributed by atoms with van der Waals surface area (Å²) in [5.41, 5.74) is 0. The van der Waals surface area contributed by atoms with Crippen LogP contribution in [0.3, 0.4) is 0 Å². The number of nitrogens with zero attached hydrogens (tertiary/aromatic N) is 2. The number of hydrogen-bond donors (Lipinski definition) is 0. The second kappa shape index (κ2) is 4.68. The van der Waals surface area contributed by atoms with E-state index in [1.54, 1.807) is 0 Å². The van der Waals surface area contributed by atoms with Gasteiger partial charge in [-0.25, -0.2) is 0 Å². The summed E-state index contributed by atoms with van der Waals surface area (Å²) in [7, 11) is 0.848. The molecule has 0 aliphatic carbocycles. The fourth-order valence-corrected chi connectivity index (χ4v) is 3.03. The summed E-state index contributed by atoms with van der Waals surface area (Å²) in [6.45, 7) is 2.42. The molecule has 0 saturated carbocycles. The molecule has 2 atom stereocenters. The molecule has 0 aromatic rings. The highest BCUT2D eigenvalue weighted by Gasteiger charge is 2.41. The average molecular weight is 250 g/mol. The van der Waals surface area contributed by atoms with Gasteiger partial charge in [-0.2, -0.15) is 17.0 Å². The molecule has 0 radical (unpaired) electrons. The Kier molecular flexibility index (Phi) is 3.92. The second-order valence-electron chi connectivity index (χ2n) is 4.21. The van der Waals surface area contributed by atoms with Crippen LogP contribution in [0.15, 0.2) is 0 Å².